The molecule has 0 heterocycles. The van der Waals surface area contributed by atoms with Gasteiger partial charge in [0.2, 0.25) is 0 Å². The Kier molecular flexibility index (Phi) is 3.84. The summed E-state index contributed by atoms with van der Waals surface area (Å²) < 4.78 is 9.48. The summed E-state index contributed by atoms with van der Waals surface area (Å²) in [6.07, 6.45) is 1.13. The first-order chi connectivity index (χ1) is 4.06. The smallest absolute Gasteiger partial charge is 0.267 e. The Morgan fingerprint density at radius 1 is 1.78 bits per heavy atom. The number of hydroxylamine groups is 1. The molecule has 3 nitrogen and oxygen atoms in total. The van der Waals surface area contributed by atoms with Gasteiger partial charge in [0.25, 0.3) is 4.59 Å². The van der Waals surface area contributed by atoms with E-state index in [0.29, 0.717) is 0 Å². The second kappa shape index (κ2) is 3.87. The molecule has 6 heteroatoms. The molecule has 1 amide bonds. The molecule has 9 heavy (non-hydrogen) atoms. The van der Waals surface area contributed by atoms with E-state index in [4.69, 9.17) is 23.2 Å². The molecule has 0 fully saturated rings. The molecule has 0 bridgehead atoms. The predicted octanol–water partition coefficient (Wildman–Crippen LogP) is 0.676. The molecular weight excluding hydrogens is 172 g/mol. The Labute approximate surface area is 61.0 Å². The highest BCUT2D eigenvalue weighted by molar-refractivity contribution is 6.47. The Hall–Kier alpha value is -0.0600. The molecule has 0 saturated carbocycles. The predicted molar refractivity (Wildman–Crippen MR) is 30.3 cm³/mol. The van der Waals surface area contributed by atoms with E-state index in [-0.39, 0.29) is 0 Å². The van der Waals surface area contributed by atoms with E-state index in [9.17, 15) is 9.18 Å². The third-order valence-electron chi connectivity index (χ3n) is 0.350. The van der Waals surface area contributed by atoms with Crippen LogP contribution in [0.4, 0.5) is 4.39 Å². The lowest BCUT2D eigenvalue weighted by molar-refractivity contribution is 0.0506. The van der Waals surface area contributed by atoms with Crippen LogP contribution in [0.1, 0.15) is 0 Å². The third kappa shape index (κ3) is 7.94. The van der Waals surface area contributed by atoms with E-state index < -0.39 is 11.2 Å². The average molecular weight is 175 g/mol. The van der Waals surface area contributed by atoms with Gasteiger partial charge in [0.05, 0.1) is 0 Å². The van der Waals surface area contributed by atoms with Gasteiger partial charge in [0.15, 0.2) is 0 Å². The van der Waals surface area contributed by atoms with E-state index in [1.165, 1.54) is 0 Å². The molecule has 0 saturated heterocycles. The van der Waals surface area contributed by atoms with Crippen molar-refractivity contribution in [3.8, 4) is 0 Å². The van der Waals surface area contributed by atoms with Crippen LogP contribution in [-0.4, -0.2) is 17.6 Å². The van der Waals surface area contributed by atoms with E-state index >= 15 is 0 Å². The van der Waals surface area contributed by atoms with Gasteiger partial charge < -0.3 is 0 Å². The summed E-state index contributed by atoms with van der Waals surface area (Å²) in [5, 5.41) is 0. The Balaban J connectivity index is 3.17. The van der Waals surface area contributed by atoms with Crippen LogP contribution in [0.25, 0.3) is 0 Å². The summed E-state index contributed by atoms with van der Waals surface area (Å²) in [6.45, 7) is -0.634. The molecule has 0 rings (SSSR count). The zero-order chi connectivity index (χ0) is 7.33. The van der Waals surface area contributed by atoms with Crippen molar-refractivity contribution in [1.29, 1.82) is 0 Å². The number of rotatable bonds is 4. The van der Waals surface area contributed by atoms with Crippen molar-refractivity contribution in [1.82, 2.24) is 5.48 Å². The van der Waals surface area contributed by atoms with Gasteiger partial charge >= 0.3 is 6.41 Å². The summed E-state index contributed by atoms with van der Waals surface area (Å²) >= 11 is 9.55. The average Bonchev–Trinajstić information content (AvgIpc) is 1.63. The van der Waals surface area contributed by atoms with Crippen LogP contribution in [0, 0.1) is 0 Å². The molecule has 0 spiro atoms. The summed E-state index contributed by atoms with van der Waals surface area (Å²) in [5.74, 6) is 0. The van der Waals surface area contributed by atoms with Crippen molar-refractivity contribution in [3.63, 3.8) is 0 Å². The topological polar surface area (TPSA) is 38.3 Å². The van der Waals surface area contributed by atoms with Crippen molar-refractivity contribution in [2.45, 2.75) is 4.59 Å². The number of nitrogens with one attached hydrogen (secondary N) is 1. The van der Waals surface area contributed by atoms with Crippen molar-refractivity contribution >= 4 is 29.6 Å². The first-order valence-corrected chi connectivity index (χ1v) is 2.62. The number of alkyl halides is 3. The second-order valence-corrected chi connectivity index (χ2v) is 2.50. The quantitative estimate of drug-likeness (QED) is 0.295. The van der Waals surface area contributed by atoms with Gasteiger partial charge in [-0.25, -0.2) is 9.87 Å². The van der Waals surface area contributed by atoms with Crippen LogP contribution >= 0.6 is 23.2 Å². The zero-order valence-corrected chi connectivity index (χ0v) is 5.67. The lowest BCUT2D eigenvalue weighted by Gasteiger charge is -2.06. The van der Waals surface area contributed by atoms with Crippen LogP contribution in [0.3, 0.4) is 0 Å². The molecule has 0 aromatic heterocycles. The van der Waals surface area contributed by atoms with Crippen molar-refractivity contribution < 1.29 is 14.0 Å². The fourth-order valence-electron chi connectivity index (χ4n) is 0.147. The maximum atomic E-state index is 11.9. The molecule has 0 aliphatic heterocycles. The molecular formula is C3H3Cl2FNO2. The molecule has 0 aliphatic rings. The van der Waals surface area contributed by atoms with Crippen molar-refractivity contribution in [2.24, 2.45) is 0 Å². The Morgan fingerprint density at radius 2 is 2.33 bits per heavy atom. The lowest BCUT2D eigenvalue weighted by atomic mass is 10.8. The maximum absolute atomic E-state index is 11.9. The normalized spacial score (nSPS) is 11.0. The highest BCUT2D eigenvalue weighted by atomic mass is 35.5. The summed E-state index contributed by atoms with van der Waals surface area (Å²) in [7, 11) is 0. The standard InChI is InChI=1S/C3H3Cl2FNO2/c4-3(5,6)1-9-7-2-8/h1H2,(H,7,8). The van der Waals surface area contributed by atoms with E-state index in [2.05, 4.69) is 4.84 Å². The minimum absolute atomic E-state index is 0.634. The van der Waals surface area contributed by atoms with Gasteiger partial charge in [-0.2, -0.15) is 0 Å². The Morgan fingerprint density at radius 3 is 2.67 bits per heavy atom. The monoisotopic (exact) mass is 174 g/mol. The SMILES string of the molecule is O=[C]NOCC(F)(Cl)Cl. The van der Waals surface area contributed by atoms with Gasteiger partial charge in [-0.15, -0.1) is 0 Å². The van der Waals surface area contributed by atoms with Crippen molar-refractivity contribution in [2.75, 3.05) is 6.61 Å². The molecule has 1 N–H and O–H groups in total. The molecule has 0 aromatic carbocycles. The van der Waals surface area contributed by atoms with Gasteiger partial charge in [-0.1, -0.05) is 23.2 Å². The zero-order valence-electron chi connectivity index (χ0n) is 4.16. The summed E-state index contributed by atoms with van der Waals surface area (Å²) in [4.78, 5) is 13.4. The first-order valence-electron chi connectivity index (χ1n) is 1.87. The number of halogens is 3. The van der Waals surface area contributed by atoms with Crippen LogP contribution in [0.2, 0.25) is 0 Å². The largest absolute Gasteiger partial charge is 0.335 e. The summed E-state index contributed by atoms with van der Waals surface area (Å²) in [5.41, 5.74) is 1.59. The fraction of sp³-hybridized carbons (Fsp3) is 0.667. The van der Waals surface area contributed by atoms with Gasteiger partial charge in [-0.3, -0.25) is 9.63 Å². The van der Waals surface area contributed by atoms with Crippen LogP contribution < -0.4 is 5.48 Å². The maximum Gasteiger partial charge on any atom is 0.335 e. The third-order valence-corrected chi connectivity index (χ3v) is 0.568. The number of carbonyl (C=O) groups excluding carboxylic acids is 1. The molecule has 53 valence electrons. The minimum Gasteiger partial charge on any atom is -0.267 e. The fourth-order valence-corrected chi connectivity index (χ4v) is 0.256. The highest BCUT2D eigenvalue weighted by Crippen LogP contribution is 2.21. The van der Waals surface area contributed by atoms with E-state index in [0.717, 1.165) is 6.41 Å². The van der Waals surface area contributed by atoms with Crippen LogP contribution in [0.5, 0.6) is 0 Å². The number of hydrogen-bond acceptors (Lipinski definition) is 2. The molecule has 0 unspecified atom stereocenters. The van der Waals surface area contributed by atoms with E-state index in [1.54, 1.807) is 5.48 Å². The lowest BCUT2D eigenvalue weighted by Crippen LogP contribution is -2.21. The van der Waals surface area contributed by atoms with Crippen LogP contribution in [0.15, 0.2) is 0 Å². The molecule has 0 aliphatic carbocycles. The van der Waals surface area contributed by atoms with Gasteiger partial charge in [0, 0.05) is 0 Å². The number of amides is 1. The van der Waals surface area contributed by atoms with Crippen LogP contribution in [-0.2, 0) is 9.63 Å². The number of hydrogen-bond donors (Lipinski definition) is 1. The molecule has 0 atom stereocenters. The summed E-state index contributed by atoms with van der Waals surface area (Å²) in [6, 6.07) is 0. The molecule has 0 aromatic rings. The highest BCUT2D eigenvalue weighted by Gasteiger charge is 2.22. The van der Waals surface area contributed by atoms with Gasteiger partial charge in [0.1, 0.15) is 6.61 Å². The van der Waals surface area contributed by atoms with Crippen molar-refractivity contribution in [3.05, 3.63) is 0 Å². The Bertz CT molecular complexity index is 94.3. The first kappa shape index (κ1) is 8.94. The second-order valence-electron chi connectivity index (χ2n) is 1.11. The van der Waals surface area contributed by atoms with Gasteiger partial charge in [-0.05, 0) is 0 Å². The minimum atomic E-state index is -2.47. The van der Waals surface area contributed by atoms with E-state index in [1.807, 2.05) is 0 Å². The molecule has 1 radical (unpaired) electrons.